The maximum absolute atomic E-state index is 9.34. The van der Waals surface area contributed by atoms with Crippen LogP contribution in [0.5, 0.6) is 0 Å². The molecule has 6 heteroatoms. The molecule has 23 heavy (non-hydrogen) atoms. The molecule has 0 spiro atoms. The van der Waals surface area contributed by atoms with Gasteiger partial charge in [0, 0.05) is 45.8 Å². The van der Waals surface area contributed by atoms with Crippen molar-refractivity contribution in [3.63, 3.8) is 0 Å². The molecule has 0 bridgehead atoms. The Morgan fingerprint density at radius 3 is 2.52 bits per heavy atom. The highest BCUT2D eigenvalue weighted by atomic mass is 127. The fourth-order valence-corrected chi connectivity index (χ4v) is 3.06. The summed E-state index contributed by atoms with van der Waals surface area (Å²) in [6.45, 7) is 11.1. The Balaban J connectivity index is 0.00000484. The monoisotopic (exact) mass is 441 g/mol. The Morgan fingerprint density at radius 1 is 1.35 bits per heavy atom. The number of aliphatic hydroxyl groups is 1. The van der Waals surface area contributed by atoms with Crippen molar-refractivity contribution < 1.29 is 9.84 Å². The number of guanidine groups is 1. The zero-order valence-corrected chi connectivity index (χ0v) is 17.6. The second-order valence-electron chi connectivity index (χ2n) is 6.46. The lowest BCUT2D eigenvalue weighted by atomic mass is 9.79. The van der Waals surface area contributed by atoms with Crippen LogP contribution in [0.15, 0.2) is 4.99 Å². The highest BCUT2D eigenvalue weighted by Gasteiger charge is 2.26. The molecule has 1 rings (SSSR count). The third-order valence-corrected chi connectivity index (χ3v) is 4.96. The van der Waals surface area contributed by atoms with Crippen molar-refractivity contribution in [1.82, 2.24) is 10.2 Å². The molecular weight excluding hydrogens is 405 g/mol. The van der Waals surface area contributed by atoms with Gasteiger partial charge in [0.25, 0.3) is 0 Å². The fourth-order valence-electron chi connectivity index (χ4n) is 3.06. The average molecular weight is 441 g/mol. The van der Waals surface area contributed by atoms with Crippen LogP contribution in [0.1, 0.15) is 46.5 Å². The van der Waals surface area contributed by atoms with Gasteiger partial charge in [-0.15, -0.1) is 24.0 Å². The van der Waals surface area contributed by atoms with E-state index < -0.39 is 0 Å². The third-order valence-electron chi connectivity index (χ3n) is 4.96. The molecule has 1 aliphatic heterocycles. The van der Waals surface area contributed by atoms with Gasteiger partial charge in [-0.1, -0.05) is 13.8 Å². The highest BCUT2D eigenvalue weighted by molar-refractivity contribution is 14.0. The van der Waals surface area contributed by atoms with Gasteiger partial charge in [0.1, 0.15) is 0 Å². The number of nitrogens with one attached hydrogen (secondary N) is 1. The minimum atomic E-state index is 0. The average Bonchev–Trinajstić information content (AvgIpc) is 3.03. The molecule has 1 saturated heterocycles. The van der Waals surface area contributed by atoms with Crippen LogP contribution in [0, 0.1) is 11.3 Å². The number of nitrogens with zero attached hydrogens (tertiary/aromatic N) is 2. The quantitative estimate of drug-likeness (QED) is 0.328. The van der Waals surface area contributed by atoms with Crippen LogP contribution in [0.25, 0.3) is 0 Å². The van der Waals surface area contributed by atoms with Gasteiger partial charge in [-0.05, 0) is 38.0 Å². The van der Waals surface area contributed by atoms with Gasteiger partial charge < -0.3 is 20.1 Å². The van der Waals surface area contributed by atoms with Gasteiger partial charge in [0.15, 0.2) is 5.96 Å². The second-order valence-corrected chi connectivity index (χ2v) is 6.46. The van der Waals surface area contributed by atoms with E-state index in [9.17, 15) is 5.11 Å². The summed E-state index contributed by atoms with van der Waals surface area (Å²) >= 11 is 0. The molecule has 1 unspecified atom stereocenters. The van der Waals surface area contributed by atoms with Crippen molar-refractivity contribution >= 4 is 29.9 Å². The zero-order chi connectivity index (χ0) is 16.4. The first-order chi connectivity index (χ1) is 10.6. The minimum Gasteiger partial charge on any atom is -0.396 e. The Kier molecular flexibility index (Phi) is 12.3. The van der Waals surface area contributed by atoms with Crippen molar-refractivity contribution in [2.75, 3.05) is 46.5 Å². The number of hydrogen-bond donors (Lipinski definition) is 2. The number of hydrogen-bond acceptors (Lipinski definition) is 3. The standard InChI is InChI=1S/C17H35N3O2.HI/c1-5-17(6-2,9-10-21)14-19-16(18-7-3)20(4)12-15-8-11-22-13-15;/h15,21H,5-14H2,1-4H3,(H,18,19);1H. The van der Waals surface area contributed by atoms with E-state index in [1.807, 2.05) is 0 Å². The summed E-state index contributed by atoms with van der Waals surface area (Å²) in [5.41, 5.74) is 0.118. The lowest BCUT2D eigenvalue weighted by Gasteiger charge is -2.31. The van der Waals surface area contributed by atoms with Gasteiger partial charge in [0.2, 0.25) is 0 Å². The van der Waals surface area contributed by atoms with Gasteiger partial charge in [-0.3, -0.25) is 4.99 Å². The van der Waals surface area contributed by atoms with E-state index in [-0.39, 0.29) is 36.0 Å². The lowest BCUT2D eigenvalue weighted by molar-refractivity contribution is 0.174. The normalized spacial score (nSPS) is 18.7. The predicted molar refractivity (Wildman–Crippen MR) is 108 cm³/mol. The molecule has 1 heterocycles. The van der Waals surface area contributed by atoms with Gasteiger partial charge in [-0.2, -0.15) is 0 Å². The molecule has 0 saturated carbocycles. The van der Waals surface area contributed by atoms with Gasteiger partial charge in [0.05, 0.1) is 6.61 Å². The topological polar surface area (TPSA) is 57.1 Å². The fraction of sp³-hybridized carbons (Fsp3) is 0.941. The van der Waals surface area contributed by atoms with Crippen LogP contribution in [0.2, 0.25) is 0 Å². The second kappa shape index (κ2) is 12.3. The summed E-state index contributed by atoms with van der Waals surface area (Å²) < 4.78 is 5.46. The zero-order valence-electron chi connectivity index (χ0n) is 15.3. The predicted octanol–water partition coefficient (Wildman–Crippen LogP) is 2.73. The minimum absolute atomic E-state index is 0. The Labute approximate surface area is 159 Å². The molecule has 0 radical (unpaired) electrons. The van der Waals surface area contributed by atoms with E-state index in [0.717, 1.165) is 64.5 Å². The van der Waals surface area contributed by atoms with E-state index in [4.69, 9.17) is 9.73 Å². The van der Waals surface area contributed by atoms with Gasteiger partial charge >= 0.3 is 0 Å². The Hall–Kier alpha value is -0.0800. The molecule has 1 aliphatic rings. The van der Waals surface area contributed by atoms with E-state index in [0.29, 0.717) is 5.92 Å². The summed E-state index contributed by atoms with van der Waals surface area (Å²) in [5, 5.41) is 12.7. The van der Waals surface area contributed by atoms with Crippen LogP contribution in [0.4, 0.5) is 0 Å². The SMILES string of the molecule is CCNC(=NCC(CC)(CC)CCO)N(C)CC1CCOC1.I. The highest BCUT2D eigenvalue weighted by Crippen LogP contribution is 2.30. The van der Waals surface area contributed by atoms with Crippen LogP contribution in [0.3, 0.4) is 0 Å². The van der Waals surface area contributed by atoms with Crippen molar-refractivity contribution in [2.45, 2.75) is 46.5 Å². The lowest BCUT2D eigenvalue weighted by Crippen LogP contribution is -2.42. The van der Waals surface area contributed by atoms with E-state index in [1.54, 1.807) is 0 Å². The summed E-state index contributed by atoms with van der Waals surface area (Å²) in [4.78, 5) is 7.09. The van der Waals surface area contributed by atoms with Crippen molar-refractivity contribution in [1.29, 1.82) is 0 Å². The molecule has 5 nitrogen and oxygen atoms in total. The van der Waals surface area contributed by atoms with Gasteiger partial charge in [-0.25, -0.2) is 0 Å². The number of aliphatic imine (C=N–C) groups is 1. The van der Waals surface area contributed by atoms with E-state index in [2.05, 4.69) is 38.0 Å². The molecule has 2 N–H and O–H groups in total. The van der Waals surface area contributed by atoms with E-state index in [1.165, 1.54) is 0 Å². The molecule has 0 aliphatic carbocycles. The maximum Gasteiger partial charge on any atom is 0.193 e. The Bertz CT molecular complexity index is 330. The molecule has 0 amide bonds. The molecule has 0 aromatic rings. The van der Waals surface area contributed by atoms with Crippen LogP contribution in [-0.4, -0.2) is 62.5 Å². The first-order valence-electron chi connectivity index (χ1n) is 8.78. The summed E-state index contributed by atoms with van der Waals surface area (Å²) in [7, 11) is 2.10. The largest absolute Gasteiger partial charge is 0.396 e. The summed E-state index contributed by atoms with van der Waals surface area (Å²) in [6.07, 6.45) is 4.06. The maximum atomic E-state index is 9.34. The molecule has 0 aromatic heterocycles. The number of aliphatic hydroxyl groups excluding tert-OH is 1. The number of halogens is 1. The van der Waals surface area contributed by atoms with Crippen LogP contribution >= 0.6 is 24.0 Å². The van der Waals surface area contributed by atoms with Crippen LogP contribution in [-0.2, 0) is 4.74 Å². The summed E-state index contributed by atoms with van der Waals surface area (Å²) in [5.74, 6) is 1.58. The third kappa shape index (κ3) is 7.56. The van der Waals surface area contributed by atoms with Crippen molar-refractivity contribution in [3.05, 3.63) is 0 Å². The first-order valence-corrected chi connectivity index (χ1v) is 8.78. The Morgan fingerprint density at radius 2 is 2.04 bits per heavy atom. The smallest absolute Gasteiger partial charge is 0.193 e. The summed E-state index contributed by atoms with van der Waals surface area (Å²) in [6, 6.07) is 0. The van der Waals surface area contributed by atoms with Crippen molar-refractivity contribution in [2.24, 2.45) is 16.3 Å². The molecule has 138 valence electrons. The van der Waals surface area contributed by atoms with Crippen molar-refractivity contribution in [3.8, 4) is 0 Å². The molecular formula is C17H36IN3O2. The molecule has 0 aromatic carbocycles. The van der Waals surface area contributed by atoms with Crippen LogP contribution < -0.4 is 5.32 Å². The molecule has 1 atom stereocenters. The number of rotatable bonds is 9. The molecule has 1 fully saturated rings. The number of ether oxygens (including phenoxy) is 1. The van der Waals surface area contributed by atoms with E-state index >= 15 is 0 Å². The first kappa shape index (κ1) is 22.9.